The highest BCUT2D eigenvalue weighted by molar-refractivity contribution is 7.89. The Hall–Kier alpha value is -0.530. The van der Waals surface area contributed by atoms with E-state index in [0.717, 1.165) is 0 Å². The molecule has 0 spiro atoms. The molecular formula is C8H7Cl3N2O3S. The van der Waals surface area contributed by atoms with Crippen LogP contribution in [0.4, 0.5) is 0 Å². The summed E-state index contributed by atoms with van der Waals surface area (Å²) in [4.78, 5) is 10.2. The molecule has 0 aromatic heterocycles. The Labute approximate surface area is 113 Å². The van der Waals surface area contributed by atoms with E-state index in [4.69, 9.17) is 40.5 Å². The molecule has 0 heterocycles. The highest BCUT2D eigenvalue weighted by atomic mass is 35.5. The number of benzene rings is 1. The minimum Gasteiger partial charge on any atom is -0.369 e. The summed E-state index contributed by atoms with van der Waals surface area (Å²) in [5.74, 6) is -0.824. The summed E-state index contributed by atoms with van der Waals surface area (Å²) in [7, 11) is -4.01. The monoisotopic (exact) mass is 316 g/mol. The molecule has 0 unspecified atom stereocenters. The molecule has 9 heteroatoms. The molecule has 0 aliphatic carbocycles. The van der Waals surface area contributed by atoms with Crippen LogP contribution in [0.25, 0.3) is 0 Å². The van der Waals surface area contributed by atoms with Gasteiger partial charge < -0.3 is 5.73 Å². The van der Waals surface area contributed by atoms with E-state index >= 15 is 0 Å². The van der Waals surface area contributed by atoms with Crippen molar-refractivity contribution >= 4 is 50.7 Å². The van der Waals surface area contributed by atoms with Gasteiger partial charge >= 0.3 is 0 Å². The van der Waals surface area contributed by atoms with Crippen LogP contribution >= 0.6 is 34.8 Å². The zero-order valence-electron chi connectivity index (χ0n) is 8.21. The smallest absolute Gasteiger partial charge is 0.244 e. The molecule has 0 aliphatic heterocycles. The van der Waals surface area contributed by atoms with Gasteiger partial charge in [-0.15, -0.1) is 0 Å². The molecule has 1 aromatic rings. The van der Waals surface area contributed by atoms with Gasteiger partial charge in [-0.1, -0.05) is 34.8 Å². The number of hydrogen-bond donors (Lipinski definition) is 2. The average molecular weight is 318 g/mol. The molecule has 3 N–H and O–H groups in total. The van der Waals surface area contributed by atoms with Crippen LogP contribution < -0.4 is 10.5 Å². The number of amides is 1. The van der Waals surface area contributed by atoms with Crippen molar-refractivity contribution in [1.82, 2.24) is 4.72 Å². The Balaban J connectivity index is 3.20. The lowest BCUT2D eigenvalue weighted by Crippen LogP contribution is -2.33. The lowest BCUT2D eigenvalue weighted by Gasteiger charge is -2.09. The van der Waals surface area contributed by atoms with Crippen molar-refractivity contribution in [2.45, 2.75) is 4.90 Å². The normalized spacial score (nSPS) is 11.5. The summed E-state index contributed by atoms with van der Waals surface area (Å²) in [5, 5.41) is -0.0761. The van der Waals surface area contributed by atoms with Crippen molar-refractivity contribution in [3.05, 3.63) is 27.2 Å². The summed E-state index contributed by atoms with van der Waals surface area (Å²) >= 11 is 17.1. The number of nitrogens with two attached hydrogens (primary N) is 1. The van der Waals surface area contributed by atoms with E-state index in [1.165, 1.54) is 12.1 Å². The zero-order valence-corrected chi connectivity index (χ0v) is 11.3. The fourth-order valence-electron chi connectivity index (χ4n) is 1.02. The summed E-state index contributed by atoms with van der Waals surface area (Å²) in [5.41, 5.74) is 4.82. The lowest BCUT2D eigenvalue weighted by molar-refractivity contribution is -0.116. The van der Waals surface area contributed by atoms with E-state index in [2.05, 4.69) is 0 Å². The SMILES string of the molecule is NC(=O)CNS(=O)(=O)c1c(Cl)cc(Cl)cc1Cl. The summed E-state index contributed by atoms with van der Waals surface area (Å²) in [6.45, 7) is -0.544. The van der Waals surface area contributed by atoms with Gasteiger partial charge in [-0.25, -0.2) is 13.1 Å². The number of nitrogens with one attached hydrogen (secondary N) is 1. The highest BCUT2D eigenvalue weighted by Gasteiger charge is 2.22. The topological polar surface area (TPSA) is 89.3 Å². The summed E-state index contributed by atoms with van der Waals surface area (Å²) in [6.07, 6.45) is 0. The zero-order chi connectivity index (χ0) is 13.2. The van der Waals surface area contributed by atoms with Crippen LogP contribution in [0, 0.1) is 0 Å². The van der Waals surface area contributed by atoms with Crippen LogP contribution in [-0.4, -0.2) is 20.9 Å². The summed E-state index contributed by atoms with van der Waals surface area (Å²) in [6, 6.07) is 2.46. The van der Waals surface area contributed by atoms with Gasteiger partial charge in [0.25, 0.3) is 0 Å². The van der Waals surface area contributed by atoms with E-state index in [-0.39, 0.29) is 20.0 Å². The number of halogens is 3. The van der Waals surface area contributed by atoms with Crippen molar-refractivity contribution in [2.24, 2.45) is 5.73 Å². The van der Waals surface area contributed by atoms with Gasteiger partial charge in [0.05, 0.1) is 16.6 Å². The highest BCUT2D eigenvalue weighted by Crippen LogP contribution is 2.32. The molecule has 0 atom stereocenters. The van der Waals surface area contributed by atoms with Gasteiger partial charge in [-0.2, -0.15) is 0 Å². The Bertz CT molecular complexity index is 536. The Morgan fingerprint density at radius 2 is 1.71 bits per heavy atom. The quantitative estimate of drug-likeness (QED) is 0.880. The van der Waals surface area contributed by atoms with Crippen LogP contribution in [0.5, 0.6) is 0 Å². The van der Waals surface area contributed by atoms with Crippen molar-refractivity contribution in [3.8, 4) is 0 Å². The van der Waals surface area contributed by atoms with Gasteiger partial charge in [-0.05, 0) is 12.1 Å². The van der Waals surface area contributed by atoms with Gasteiger partial charge in [0.1, 0.15) is 4.90 Å². The number of hydrogen-bond acceptors (Lipinski definition) is 3. The fourth-order valence-corrected chi connectivity index (χ4v) is 3.56. The van der Waals surface area contributed by atoms with Crippen LogP contribution in [0.3, 0.4) is 0 Å². The molecular weight excluding hydrogens is 311 g/mol. The van der Waals surface area contributed by atoms with Crippen LogP contribution in [0.15, 0.2) is 17.0 Å². The molecule has 5 nitrogen and oxygen atoms in total. The van der Waals surface area contributed by atoms with E-state index in [1.54, 1.807) is 0 Å². The molecule has 1 aromatic carbocycles. The van der Waals surface area contributed by atoms with Gasteiger partial charge in [0, 0.05) is 5.02 Å². The maximum absolute atomic E-state index is 11.8. The van der Waals surface area contributed by atoms with Crippen LogP contribution in [0.2, 0.25) is 15.1 Å². The minimum atomic E-state index is -4.01. The van der Waals surface area contributed by atoms with E-state index in [9.17, 15) is 13.2 Å². The van der Waals surface area contributed by atoms with Gasteiger partial charge in [-0.3, -0.25) is 4.79 Å². The molecule has 0 radical (unpaired) electrons. The van der Waals surface area contributed by atoms with Crippen molar-refractivity contribution in [1.29, 1.82) is 0 Å². The number of rotatable bonds is 4. The van der Waals surface area contributed by atoms with Crippen LogP contribution in [-0.2, 0) is 14.8 Å². The first-order valence-corrected chi connectivity index (χ1v) is 6.78. The molecule has 17 heavy (non-hydrogen) atoms. The summed E-state index contributed by atoms with van der Waals surface area (Å²) < 4.78 is 25.5. The molecule has 0 aliphatic rings. The molecule has 1 rings (SSSR count). The van der Waals surface area contributed by atoms with Crippen molar-refractivity contribution in [2.75, 3.05) is 6.54 Å². The largest absolute Gasteiger partial charge is 0.369 e. The van der Waals surface area contributed by atoms with Crippen molar-refractivity contribution in [3.63, 3.8) is 0 Å². The van der Waals surface area contributed by atoms with Gasteiger partial charge in [0.2, 0.25) is 15.9 Å². The van der Waals surface area contributed by atoms with E-state index in [1.807, 2.05) is 4.72 Å². The third-order valence-corrected chi connectivity index (χ3v) is 4.21. The lowest BCUT2D eigenvalue weighted by atomic mass is 10.4. The van der Waals surface area contributed by atoms with E-state index in [0.29, 0.717) is 0 Å². The second-order valence-corrected chi connectivity index (χ2v) is 5.94. The molecule has 1 amide bonds. The first kappa shape index (κ1) is 14.5. The standard InChI is InChI=1S/C8H7Cl3N2O3S/c9-4-1-5(10)8(6(11)2-4)17(15,16)13-3-7(12)14/h1-2,13H,3H2,(H2,12,14). The fraction of sp³-hybridized carbons (Fsp3) is 0.125. The molecule has 0 fully saturated rings. The second kappa shape index (κ2) is 5.41. The Morgan fingerprint density at radius 3 is 2.12 bits per heavy atom. The number of primary amides is 1. The molecule has 0 bridgehead atoms. The third kappa shape index (κ3) is 3.72. The second-order valence-electron chi connectivity index (χ2n) is 2.99. The molecule has 0 saturated heterocycles. The van der Waals surface area contributed by atoms with Gasteiger partial charge in [0.15, 0.2) is 0 Å². The number of sulfonamides is 1. The molecule has 94 valence electrons. The maximum atomic E-state index is 11.8. The average Bonchev–Trinajstić information content (AvgIpc) is 2.12. The minimum absolute atomic E-state index is 0.139. The van der Waals surface area contributed by atoms with E-state index < -0.39 is 22.5 Å². The van der Waals surface area contributed by atoms with Crippen LogP contribution in [0.1, 0.15) is 0 Å². The predicted molar refractivity (Wildman–Crippen MR) is 65.9 cm³/mol. The Morgan fingerprint density at radius 1 is 1.24 bits per heavy atom. The maximum Gasteiger partial charge on any atom is 0.244 e. The Kier molecular flexibility index (Phi) is 4.62. The number of carbonyl (C=O) groups excluding carboxylic acids is 1. The third-order valence-electron chi connectivity index (χ3n) is 1.67. The predicted octanol–water partition coefficient (Wildman–Crippen LogP) is 1.41. The molecule has 0 saturated carbocycles. The first-order chi connectivity index (χ1) is 7.74. The first-order valence-electron chi connectivity index (χ1n) is 4.16. The number of carbonyl (C=O) groups is 1. The van der Waals surface area contributed by atoms with Crippen molar-refractivity contribution < 1.29 is 13.2 Å².